The summed E-state index contributed by atoms with van der Waals surface area (Å²) in [6.07, 6.45) is 0. The molecule has 0 radical (unpaired) electrons. The molecule has 0 aromatic heterocycles. The number of rotatable bonds is 3. The maximum Gasteiger partial charge on any atom is 0.280 e. The molecule has 1 atom stereocenters. The lowest BCUT2D eigenvalue weighted by Crippen LogP contribution is -2.14. The lowest BCUT2D eigenvalue weighted by atomic mass is 10.9. The van der Waals surface area contributed by atoms with Crippen LogP contribution in [-0.4, -0.2) is 19.2 Å². The third kappa shape index (κ3) is 3.17. The first-order valence-electron chi connectivity index (χ1n) is 2.53. The molecule has 0 aliphatic heterocycles. The van der Waals surface area contributed by atoms with E-state index in [1.807, 2.05) is 0 Å². The van der Waals surface area contributed by atoms with E-state index < -0.39 is 14.3 Å². The third-order valence-corrected chi connectivity index (χ3v) is 3.41. The molecule has 0 N–H and O–H groups in total. The van der Waals surface area contributed by atoms with Crippen molar-refractivity contribution >= 4 is 26.0 Å². The first-order chi connectivity index (χ1) is 4.00. The highest BCUT2D eigenvalue weighted by molar-refractivity contribution is 9.11. The molecule has 0 fully saturated rings. The van der Waals surface area contributed by atoms with Gasteiger partial charge in [0.2, 0.25) is 0 Å². The van der Waals surface area contributed by atoms with Crippen molar-refractivity contribution in [1.82, 2.24) is 0 Å². The quantitative estimate of drug-likeness (QED) is 0.525. The van der Waals surface area contributed by atoms with Gasteiger partial charge in [-0.1, -0.05) is 15.9 Å². The van der Waals surface area contributed by atoms with Crippen LogP contribution in [-0.2, 0) is 14.3 Å². The van der Waals surface area contributed by atoms with Gasteiger partial charge in [0.05, 0.1) is 6.61 Å². The molecule has 3 nitrogen and oxygen atoms in total. The van der Waals surface area contributed by atoms with Crippen LogP contribution in [0.4, 0.5) is 0 Å². The summed E-state index contributed by atoms with van der Waals surface area (Å²) >= 11 is 2.88. The Morgan fingerprint density at radius 2 is 2.11 bits per heavy atom. The average Bonchev–Trinajstić information content (AvgIpc) is 1.65. The Bertz CT molecular complexity index is 161. The Morgan fingerprint density at radius 1 is 1.67 bits per heavy atom. The molecule has 0 saturated heterocycles. The zero-order chi connectivity index (χ0) is 7.49. The highest BCUT2D eigenvalue weighted by atomic mass is 79.9. The van der Waals surface area contributed by atoms with Gasteiger partial charge in [0, 0.05) is 0 Å². The van der Waals surface area contributed by atoms with E-state index in [4.69, 9.17) is 0 Å². The van der Waals surface area contributed by atoms with E-state index in [0.717, 1.165) is 0 Å². The zero-order valence-electron chi connectivity index (χ0n) is 5.30. The van der Waals surface area contributed by atoms with Crippen molar-refractivity contribution in [3.05, 3.63) is 0 Å². The van der Waals surface area contributed by atoms with E-state index in [1.54, 1.807) is 6.92 Å². The Morgan fingerprint density at radius 3 is 2.22 bits per heavy atom. The molecule has 1 unspecified atom stereocenters. The second-order valence-electron chi connectivity index (χ2n) is 1.44. The molecule has 9 heavy (non-hydrogen) atoms. The number of hydrogen-bond acceptors (Lipinski definition) is 3. The predicted molar refractivity (Wildman–Crippen MR) is 38.9 cm³/mol. The van der Waals surface area contributed by atoms with Gasteiger partial charge in [0.1, 0.15) is 4.16 Å². The van der Waals surface area contributed by atoms with Crippen LogP contribution in [0, 0.1) is 0 Å². The SMILES string of the molecule is CCOS(=O)(=O)C(C)Br. The minimum absolute atomic E-state index is 0.193. The second-order valence-corrected chi connectivity index (χ2v) is 5.35. The molecule has 56 valence electrons. The van der Waals surface area contributed by atoms with Crippen LogP contribution in [0.15, 0.2) is 0 Å². The van der Waals surface area contributed by atoms with Gasteiger partial charge in [-0.15, -0.1) is 0 Å². The van der Waals surface area contributed by atoms with E-state index in [9.17, 15) is 8.42 Å². The molecule has 5 heteroatoms. The van der Waals surface area contributed by atoms with Gasteiger partial charge < -0.3 is 0 Å². The molecule has 0 saturated carbocycles. The number of halogens is 1. The van der Waals surface area contributed by atoms with Crippen LogP contribution in [0.2, 0.25) is 0 Å². The first kappa shape index (κ1) is 9.39. The maximum absolute atomic E-state index is 10.7. The third-order valence-electron chi connectivity index (χ3n) is 0.680. The summed E-state index contributed by atoms with van der Waals surface area (Å²) in [6.45, 7) is 3.33. The van der Waals surface area contributed by atoms with Crippen LogP contribution in [0.3, 0.4) is 0 Å². The molecule has 0 aromatic rings. The van der Waals surface area contributed by atoms with Crippen molar-refractivity contribution in [1.29, 1.82) is 0 Å². The fraction of sp³-hybridized carbons (Fsp3) is 1.00. The largest absolute Gasteiger partial charge is 0.280 e. The second kappa shape index (κ2) is 3.53. The Kier molecular flexibility index (Phi) is 3.68. The van der Waals surface area contributed by atoms with Gasteiger partial charge in [-0.25, -0.2) is 0 Å². The monoisotopic (exact) mass is 216 g/mol. The van der Waals surface area contributed by atoms with Crippen molar-refractivity contribution in [3.63, 3.8) is 0 Å². The molecule has 0 aliphatic carbocycles. The number of hydrogen-bond donors (Lipinski definition) is 0. The van der Waals surface area contributed by atoms with Crippen LogP contribution in [0.5, 0.6) is 0 Å². The Hall–Kier alpha value is 0.390. The Labute approximate surface area is 63.6 Å². The summed E-state index contributed by atoms with van der Waals surface area (Å²) < 4.78 is 25.1. The van der Waals surface area contributed by atoms with E-state index in [0.29, 0.717) is 0 Å². The fourth-order valence-electron chi connectivity index (χ4n) is 0.258. The number of alkyl halides is 1. The smallest absolute Gasteiger partial charge is 0.270 e. The Balaban J connectivity index is 4.05. The molecule has 0 heterocycles. The van der Waals surface area contributed by atoms with Crippen LogP contribution in [0.1, 0.15) is 13.8 Å². The van der Waals surface area contributed by atoms with Crippen molar-refractivity contribution in [3.8, 4) is 0 Å². The summed E-state index contributed by atoms with van der Waals surface area (Å²) in [5.74, 6) is 0. The van der Waals surface area contributed by atoms with Gasteiger partial charge in [-0.2, -0.15) is 8.42 Å². The summed E-state index contributed by atoms with van der Waals surface area (Å²) in [7, 11) is -3.33. The topological polar surface area (TPSA) is 43.4 Å². The highest BCUT2D eigenvalue weighted by Gasteiger charge is 2.16. The minimum atomic E-state index is -3.33. The molecule has 0 aliphatic rings. The molecular formula is C4H9BrO3S. The van der Waals surface area contributed by atoms with Crippen molar-refractivity contribution in [2.45, 2.75) is 18.0 Å². The van der Waals surface area contributed by atoms with E-state index in [2.05, 4.69) is 20.1 Å². The van der Waals surface area contributed by atoms with Crippen LogP contribution in [0.25, 0.3) is 0 Å². The first-order valence-corrected chi connectivity index (χ1v) is 4.91. The van der Waals surface area contributed by atoms with Crippen molar-refractivity contribution < 1.29 is 12.6 Å². The molecule has 0 amide bonds. The van der Waals surface area contributed by atoms with Crippen molar-refractivity contribution in [2.24, 2.45) is 0 Å². The summed E-state index contributed by atoms with van der Waals surface area (Å²) in [6, 6.07) is 0. The summed E-state index contributed by atoms with van der Waals surface area (Å²) in [5.41, 5.74) is 0. The molecule has 0 aromatic carbocycles. The van der Waals surface area contributed by atoms with Crippen LogP contribution >= 0.6 is 15.9 Å². The summed E-state index contributed by atoms with van der Waals surface area (Å²) in [5, 5.41) is 0. The normalized spacial score (nSPS) is 15.4. The van der Waals surface area contributed by atoms with Gasteiger partial charge >= 0.3 is 0 Å². The molecule has 0 spiro atoms. The molecular weight excluding hydrogens is 208 g/mol. The average molecular weight is 217 g/mol. The predicted octanol–water partition coefficient (Wildman–Crippen LogP) is 1.09. The summed E-state index contributed by atoms with van der Waals surface area (Å²) in [4.78, 5) is 0. The maximum atomic E-state index is 10.7. The molecule has 0 bridgehead atoms. The van der Waals surface area contributed by atoms with Gasteiger partial charge in [-0.05, 0) is 13.8 Å². The van der Waals surface area contributed by atoms with Crippen LogP contribution < -0.4 is 0 Å². The highest BCUT2D eigenvalue weighted by Crippen LogP contribution is 2.09. The van der Waals surface area contributed by atoms with E-state index >= 15 is 0 Å². The zero-order valence-corrected chi connectivity index (χ0v) is 7.70. The van der Waals surface area contributed by atoms with E-state index in [-0.39, 0.29) is 6.61 Å². The minimum Gasteiger partial charge on any atom is -0.270 e. The fourth-order valence-corrected chi connectivity index (χ4v) is 1.10. The lowest BCUT2D eigenvalue weighted by Gasteiger charge is -2.02. The van der Waals surface area contributed by atoms with Gasteiger partial charge in [0.25, 0.3) is 10.1 Å². The standard InChI is InChI=1S/C4H9BrO3S/c1-3-8-9(6,7)4(2)5/h4H,3H2,1-2H3. The van der Waals surface area contributed by atoms with Crippen molar-refractivity contribution in [2.75, 3.05) is 6.61 Å². The van der Waals surface area contributed by atoms with Gasteiger partial charge in [-0.3, -0.25) is 4.18 Å². The van der Waals surface area contributed by atoms with Gasteiger partial charge in [0.15, 0.2) is 0 Å². The molecule has 0 rings (SSSR count). The lowest BCUT2D eigenvalue weighted by molar-refractivity contribution is 0.337. The van der Waals surface area contributed by atoms with E-state index in [1.165, 1.54) is 6.92 Å².